The third kappa shape index (κ3) is 7.34. The Morgan fingerprint density at radius 2 is 1.57 bits per heavy atom. The molecule has 2 unspecified atom stereocenters. The minimum Gasteiger partial charge on any atom is -0.496 e. The molecule has 1 N–H and O–H groups in total. The van der Waals surface area contributed by atoms with Crippen molar-refractivity contribution in [3.8, 4) is 22.6 Å². The number of imidazole rings is 1. The number of rotatable bonds is 10. The fourth-order valence-electron chi connectivity index (χ4n) is 8.52. The van der Waals surface area contributed by atoms with E-state index in [4.69, 9.17) is 9.47 Å². The molecule has 300 valence electrons. The Morgan fingerprint density at radius 3 is 2.20 bits per heavy atom. The van der Waals surface area contributed by atoms with Gasteiger partial charge in [0.15, 0.2) is 0 Å². The molecule has 13 nitrogen and oxygen atoms in total. The van der Waals surface area contributed by atoms with Crippen LogP contribution < -0.4 is 26.0 Å². The summed E-state index contributed by atoms with van der Waals surface area (Å²) >= 11 is 0. The van der Waals surface area contributed by atoms with Crippen molar-refractivity contribution in [3.63, 3.8) is 0 Å². The number of para-hydroxylation sites is 1. The minimum atomic E-state index is -3.02. The van der Waals surface area contributed by atoms with Crippen LogP contribution >= 0.6 is 0 Å². The fourth-order valence-corrected chi connectivity index (χ4v) is 8.52. The number of nitrogens with one attached hydrogen (secondary N) is 1. The highest BCUT2D eigenvalue weighted by Crippen LogP contribution is 2.39. The highest BCUT2D eigenvalue weighted by Gasteiger charge is 2.48. The molecule has 0 bridgehead atoms. The largest absolute Gasteiger partial charge is 0.496 e. The number of piperidine rings is 2. The lowest BCUT2D eigenvalue weighted by Gasteiger charge is -2.46. The van der Waals surface area contributed by atoms with Crippen molar-refractivity contribution < 1.29 is 36.6 Å². The highest BCUT2D eigenvalue weighted by molar-refractivity contribution is 6.00. The number of fused-ring (bicyclic) bond motifs is 1. The normalized spacial score (nSPS) is 21.2. The van der Waals surface area contributed by atoms with Crippen LogP contribution in [-0.4, -0.2) is 106 Å². The molecule has 0 saturated carbocycles. The third-order valence-corrected chi connectivity index (χ3v) is 11.4. The number of piperazine rings is 1. The molecule has 56 heavy (non-hydrogen) atoms. The number of imide groups is 1. The van der Waals surface area contributed by atoms with Crippen molar-refractivity contribution in [1.29, 1.82) is 0 Å². The third-order valence-electron chi connectivity index (χ3n) is 11.4. The molecular formula is C39H45F4N7O6. The van der Waals surface area contributed by atoms with E-state index < -0.39 is 48.0 Å². The molecule has 3 aliphatic rings. The summed E-state index contributed by atoms with van der Waals surface area (Å²) in [5.74, 6) is -3.19. The van der Waals surface area contributed by atoms with Gasteiger partial charge in [0.2, 0.25) is 11.8 Å². The summed E-state index contributed by atoms with van der Waals surface area (Å²) in [7, 11) is 5.93. The predicted octanol–water partition coefficient (Wildman–Crippen LogP) is 3.67. The van der Waals surface area contributed by atoms with E-state index in [1.165, 1.54) is 36.6 Å². The number of halogens is 4. The number of nitrogens with zero attached hydrogens (tertiary/aromatic N) is 6. The summed E-state index contributed by atoms with van der Waals surface area (Å²) in [6.07, 6.45) is -0.894. The monoisotopic (exact) mass is 783 g/mol. The molecule has 0 radical (unpaired) electrons. The maximum atomic E-state index is 16.0. The SMILES string of the molecule is COc1cc(-c2cc(C(F)F)c(=O)n(C)c2)cc(OC)c1CN1CCC(N2CCN(Cc3cccc4c3n(C)c(=O)n4C3CCC(=O)NC3=O)CC2)C(F)(F)C1. The first kappa shape index (κ1) is 39.2. The number of ether oxygens (including phenoxy) is 2. The molecule has 4 aromatic rings. The summed E-state index contributed by atoms with van der Waals surface area (Å²) < 4.78 is 74.6. The number of carbonyl (C=O) groups is 2. The Labute approximate surface area is 320 Å². The average molecular weight is 784 g/mol. The zero-order chi connectivity index (χ0) is 40.1. The molecule has 0 spiro atoms. The van der Waals surface area contributed by atoms with Crippen LogP contribution in [-0.2, 0) is 36.8 Å². The van der Waals surface area contributed by atoms with E-state index in [0.717, 1.165) is 16.2 Å². The topological polar surface area (TPSA) is 123 Å². The maximum absolute atomic E-state index is 16.0. The average Bonchev–Trinajstić information content (AvgIpc) is 3.42. The molecule has 2 aromatic heterocycles. The second kappa shape index (κ2) is 15.5. The van der Waals surface area contributed by atoms with Crippen molar-refractivity contribution >= 4 is 22.8 Å². The van der Waals surface area contributed by atoms with E-state index in [-0.39, 0.29) is 37.4 Å². The molecule has 3 aliphatic heterocycles. The first-order chi connectivity index (χ1) is 26.7. The number of carbonyl (C=O) groups excluding carboxylic acids is 2. The molecule has 2 amide bonds. The van der Waals surface area contributed by atoms with Crippen LogP contribution in [0.3, 0.4) is 0 Å². The van der Waals surface area contributed by atoms with Gasteiger partial charge in [-0.1, -0.05) is 12.1 Å². The number of hydrogen-bond donors (Lipinski definition) is 1. The Kier molecular flexibility index (Phi) is 10.9. The van der Waals surface area contributed by atoms with Crippen molar-refractivity contribution in [3.05, 3.63) is 80.1 Å². The van der Waals surface area contributed by atoms with Crippen LogP contribution in [0.2, 0.25) is 0 Å². The van der Waals surface area contributed by atoms with Gasteiger partial charge in [-0.05, 0) is 53.8 Å². The number of benzene rings is 2. The van der Waals surface area contributed by atoms with Gasteiger partial charge in [-0.3, -0.25) is 43.5 Å². The summed E-state index contributed by atoms with van der Waals surface area (Å²) in [6.45, 7) is 2.48. The van der Waals surface area contributed by atoms with Gasteiger partial charge in [-0.15, -0.1) is 0 Å². The van der Waals surface area contributed by atoms with Gasteiger partial charge in [0, 0.05) is 72.5 Å². The van der Waals surface area contributed by atoms with Crippen molar-refractivity contribution in [2.45, 2.75) is 56.8 Å². The molecule has 7 rings (SSSR count). The number of alkyl halides is 4. The number of aromatic nitrogens is 3. The van der Waals surface area contributed by atoms with E-state index in [9.17, 15) is 28.0 Å². The second-order valence-corrected chi connectivity index (χ2v) is 14.8. The van der Waals surface area contributed by atoms with Crippen LogP contribution in [0.1, 0.15) is 48.4 Å². The van der Waals surface area contributed by atoms with Gasteiger partial charge in [-0.2, -0.15) is 0 Å². The van der Waals surface area contributed by atoms with Crippen LogP contribution in [0.25, 0.3) is 22.2 Å². The van der Waals surface area contributed by atoms with Gasteiger partial charge < -0.3 is 14.0 Å². The van der Waals surface area contributed by atoms with E-state index in [2.05, 4.69) is 10.2 Å². The molecule has 17 heteroatoms. The second-order valence-electron chi connectivity index (χ2n) is 14.8. The molecule has 3 saturated heterocycles. The lowest BCUT2D eigenvalue weighted by molar-refractivity contribution is -0.136. The summed E-state index contributed by atoms with van der Waals surface area (Å²) in [4.78, 5) is 55.7. The standard InChI is InChI=1S/C39H45F4N7O6/c1-45-19-25(16-26(35(40)41)37(45)53)24-17-30(55-3)27(31(18-24)56-4)21-48-11-10-32(39(42,43)22-48)49-14-12-47(13-15-49)20-23-6-5-7-28-34(23)46(2)38(54)50(28)29-8-9-33(51)44-36(29)52/h5-7,16-19,29,32,35H,8-15,20-22H2,1-4H3,(H,44,51,52). The van der Waals surface area contributed by atoms with E-state index in [1.54, 1.807) is 30.1 Å². The Morgan fingerprint density at radius 1 is 0.875 bits per heavy atom. The number of likely N-dealkylation sites (tertiary alicyclic amines) is 1. The Hall–Kier alpha value is -5.00. The quantitative estimate of drug-likeness (QED) is 0.190. The fraction of sp³-hybridized carbons (Fsp3) is 0.487. The van der Waals surface area contributed by atoms with Crippen molar-refractivity contribution in [1.82, 2.24) is 33.7 Å². The minimum absolute atomic E-state index is 0.109. The first-order valence-electron chi connectivity index (χ1n) is 18.5. The molecular weight excluding hydrogens is 738 g/mol. The zero-order valence-corrected chi connectivity index (χ0v) is 31.7. The molecule has 2 aromatic carbocycles. The highest BCUT2D eigenvalue weighted by atomic mass is 19.3. The molecule has 3 fully saturated rings. The van der Waals surface area contributed by atoms with E-state index in [1.807, 2.05) is 17.0 Å². The number of aryl methyl sites for hydroxylation is 2. The van der Waals surface area contributed by atoms with Gasteiger partial charge >= 0.3 is 5.69 Å². The van der Waals surface area contributed by atoms with E-state index >= 15 is 8.78 Å². The Bertz CT molecular complexity index is 2250. The van der Waals surface area contributed by atoms with Crippen LogP contribution in [0.4, 0.5) is 17.6 Å². The summed E-state index contributed by atoms with van der Waals surface area (Å²) in [5.41, 5.74) is 1.76. The number of hydrogen-bond acceptors (Lipinski definition) is 9. The summed E-state index contributed by atoms with van der Waals surface area (Å²) in [5, 5.41) is 2.33. The van der Waals surface area contributed by atoms with Crippen molar-refractivity contribution in [2.75, 3.05) is 53.5 Å². The van der Waals surface area contributed by atoms with Gasteiger partial charge in [0.05, 0.1) is 49.0 Å². The number of methoxy groups -OCH3 is 2. The van der Waals surface area contributed by atoms with Crippen molar-refractivity contribution in [2.24, 2.45) is 14.1 Å². The van der Waals surface area contributed by atoms with Crippen LogP contribution in [0, 0.1) is 0 Å². The molecule has 2 atom stereocenters. The van der Waals surface area contributed by atoms with Gasteiger partial charge in [0.1, 0.15) is 17.5 Å². The lowest BCUT2D eigenvalue weighted by Crippen LogP contribution is -2.61. The smallest absolute Gasteiger partial charge is 0.329 e. The Balaban J connectivity index is 1.01. The van der Waals surface area contributed by atoms with Crippen LogP contribution in [0.15, 0.2) is 52.2 Å². The molecule has 0 aliphatic carbocycles. The summed E-state index contributed by atoms with van der Waals surface area (Å²) in [6, 6.07) is 8.22. The lowest BCUT2D eigenvalue weighted by atomic mass is 9.96. The number of pyridine rings is 1. The number of amides is 2. The van der Waals surface area contributed by atoms with Gasteiger partial charge in [-0.25, -0.2) is 22.4 Å². The maximum Gasteiger partial charge on any atom is 0.329 e. The predicted molar refractivity (Wildman–Crippen MR) is 199 cm³/mol. The van der Waals surface area contributed by atoms with E-state index in [0.29, 0.717) is 78.5 Å². The van der Waals surface area contributed by atoms with Crippen LogP contribution in [0.5, 0.6) is 11.5 Å². The zero-order valence-electron chi connectivity index (χ0n) is 31.7. The first-order valence-corrected chi connectivity index (χ1v) is 18.5. The van der Waals surface area contributed by atoms with Gasteiger partial charge in [0.25, 0.3) is 17.9 Å². The molecule has 5 heterocycles.